The summed E-state index contributed by atoms with van der Waals surface area (Å²) >= 11 is 0. The molecule has 0 radical (unpaired) electrons. The van der Waals surface area contributed by atoms with Gasteiger partial charge in [-0.15, -0.1) is 0 Å². The highest BCUT2D eigenvalue weighted by Gasteiger charge is 2.25. The third-order valence-corrected chi connectivity index (χ3v) is 4.04. The first kappa shape index (κ1) is 15.1. The Kier molecular flexibility index (Phi) is 4.05. The Morgan fingerprint density at radius 1 is 1.35 bits per heavy atom. The number of aryl methyl sites for hydroxylation is 1. The highest BCUT2D eigenvalue weighted by molar-refractivity contribution is 5.53. The summed E-state index contributed by atoms with van der Waals surface area (Å²) in [6.45, 7) is 3.78. The molecule has 2 unspecified atom stereocenters. The molecular weight excluding hydrogens is 296 g/mol. The summed E-state index contributed by atoms with van der Waals surface area (Å²) in [5.41, 5.74) is 0.223. The summed E-state index contributed by atoms with van der Waals surface area (Å²) in [6.07, 6.45) is 10.9. The van der Waals surface area contributed by atoms with Crippen molar-refractivity contribution < 1.29 is 4.92 Å². The number of anilines is 1. The third-order valence-electron chi connectivity index (χ3n) is 4.04. The van der Waals surface area contributed by atoms with Crippen LogP contribution in [-0.2, 0) is 0 Å². The molecule has 23 heavy (non-hydrogen) atoms. The SMILES string of the molecule is Cc1nc(NC2CC=CCC2C)nc(-n2ccnc2)c1[N+](=O)[O-]. The maximum atomic E-state index is 11.4. The Balaban J connectivity index is 1.99. The highest BCUT2D eigenvalue weighted by atomic mass is 16.6. The van der Waals surface area contributed by atoms with E-state index in [0.717, 1.165) is 12.8 Å². The average molecular weight is 314 g/mol. The summed E-state index contributed by atoms with van der Waals surface area (Å²) < 4.78 is 1.53. The van der Waals surface area contributed by atoms with Gasteiger partial charge in [0.15, 0.2) is 0 Å². The van der Waals surface area contributed by atoms with Gasteiger partial charge in [0, 0.05) is 18.4 Å². The van der Waals surface area contributed by atoms with Crippen LogP contribution in [0.4, 0.5) is 11.6 Å². The molecule has 8 heteroatoms. The molecule has 1 N–H and O–H groups in total. The number of allylic oxidation sites excluding steroid dienone is 1. The van der Waals surface area contributed by atoms with E-state index in [9.17, 15) is 10.1 Å². The van der Waals surface area contributed by atoms with E-state index in [1.807, 2.05) is 0 Å². The first-order valence-electron chi connectivity index (χ1n) is 7.49. The first-order valence-corrected chi connectivity index (χ1v) is 7.49. The lowest BCUT2D eigenvalue weighted by atomic mass is 9.91. The minimum atomic E-state index is -0.458. The van der Waals surface area contributed by atoms with E-state index >= 15 is 0 Å². The van der Waals surface area contributed by atoms with Crippen LogP contribution in [0.5, 0.6) is 0 Å². The molecule has 0 fully saturated rings. The van der Waals surface area contributed by atoms with Crippen LogP contribution < -0.4 is 5.32 Å². The van der Waals surface area contributed by atoms with Gasteiger partial charge < -0.3 is 5.32 Å². The molecule has 2 aromatic heterocycles. The molecule has 0 aliphatic heterocycles. The van der Waals surface area contributed by atoms with E-state index < -0.39 is 4.92 Å². The summed E-state index contributed by atoms with van der Waals surface area (Å²) in [4.78, 5) is 23.5. The van der Waals surface area contributed by atoms with Crippen molar-refractivity contribution in [2.24, 2.45) is 5.92 Å². The van der Waals surface area contributed by atoms with Crippen LogP contribution in [0.15, 0.2) is 30.9 Å². The van der Waals surface area contributed by atoms with Crippen LogP contribution >= 0.6 is 0 Å². The number of rotatable bonds is 4. The molecule has 1 aliphatic carbocycles. The van der Waals surface area contributed by atoms with Gasteiger partial charge in [0.05, 0.1) is 4.92 Å². The first-order chi connectivity index (χ1) is 11.1. The fraction of sp³-hybridized carbons (Fsp3) is 0.400. The van der Waals surface area contributed by atoms with Gasteiger partial charge in [0.25, 0.3) is 0 Å². The van der Waals surface area contributed by atoms with Gasteiger partial charge in [-0.3, -0.25) is 14.7 Å². The van der Waals surface area contributed by atoms with E-state index in [2.05, 4.69) is 39.3 Å². The standard InChI is InChI=1S/C15H18N6O2/c1-10-5-3-4-6-12(10)18-15-17-11(2)13(21(22)23)14(19-15)20-8-7-16-9-20/h3-4,7-10,12H,5-6H2,1-2H3,(H,17,18,19). The van der Waals surface area contributed by atoms with Gasteiger partial charge in [-0.25, -0.2) is 9.97 Å². The second-order valence-corrected chi connectivity index (χ2v) is 5.70. The van der Waals surface area contributed by atoms with Gasteiger partial charge >= 0.3 is 5.69 Å². The van der Waals surface area contributed by atoms with Crippen LogP contribution in [-0.4, -0.2) is 30.5 Å². The number of nitrogens with zero attached hydrogens (tertiary/aromatic N) is 5. The second kappa shape index (κ2) is 6.15. The number of imidazole rings is 1. The van der Waals surface area contributed by atoms with Crippen molar-refractivity contribution in [3.8, 4) is 5.82 Å². The quantitative estimate of drug-likeness (QED) is 0.529. The molecule has 0 bridgehead atoms. The van der Waals surface area contributed by atoms with Gasteiger partial charge in [-0.05, 0) is 25.7 Å². The summed E-state index contributed by atoms with van der Waals surface area (Å²) in [6, 6.07) is 0.219. The van der Waals surface area contributed by atoms with Crippen molar-refractivity contribution in [3.05, 3.63) is 46.7 Å². The van der Waals surface area contributed by atoms with Crippen molar-refractivity contribution in [3.63, 3.8) is 0 Å². The predicted molar refractivity (Wildman–Crippen MR) is 85.5 cm³/mol. The summed E-state index contributed by atoms with van der Waals surface area (Å²) in [5.74, 6) is 1.08. The van der Waals surface area contributed by atoms with Gasteiger partial charge in [-0.1, -0.05) is 19.1 Å². The molecule has 0 amide bonds. The molecule has 0 saturated heterocycles. The topological polar surface area (TPSA) is 98.8 Å². The number of hydrogen-bond acceptors (Lipinski definition) is 6. The molecule has 120 valence electrons. The monoisotopic (exact) mass is 314 g/mol. The normalized spacial score (nSPS) is 20.4. The summed E-state index contributed by atoms with van der Waals surface area (Å²) in [7, 11) is 0. The van der Waals surface area contributed by atoms with Crippen molar-refractivity contribution in [1.29, 1.82) is 0 Å². The second-order valence-electron chi connectivity index (χ2n) is 5.70. The average Bonchev–Trinajstić information content (AvgIpc) is 3.03. The molecule has 2 heterocycles. The lowest BCUT2D eigenvalue weighted by molar-refractivity contribution is -0.385. The van der Waals surface area contributed by atoms with Crippen LogP contribution in [0.2, 0.25) is 0 Å². The van der Waals surface area contributed by atoms with Crippen LogP contribution in [0.3, 0.4) is 0 Å². The Hall–Kier alpha value is -2.77. The zero-order valence-corrected chi connectivity index (χ0v) is 13.0. The molecule has 8 nitrogen and oxygen atoms in total. The molecule has 0 spiro atoms. The van der Waals surface area contributed by atoms with Crippen molar-refractivity contribution >= 4 is 11.6 Å². The number of nitro groups is 1. The molecule has 0 saturated carbocycles. The van der Waals surface area contributed by atoms with Gasteiger partial charge in [-0.2, -0.15) is 4.98 Å². The third kappa shape index (κ3) is 3.05. The number of nitrogens with one attached hydrogen (secondary N) is 1. The molecule has 1 aliphatic rings. The molecule has 3 rings (SSSR count). The predicted octanol–water partition coefficient (Wildman–Crippen LogP) is 2.65. The van der Waals surface area contributed by atoms with Gasteiger partial charge in [0.1, 0.15) is 12.0 Å². The Morgan fingerprint density at radius 2 is 2.13 bits per heavy atom. The van der Waals surface area contributed by atoms with E-state index in [4.69, 9.17) is 0 Å². The molecule has 0 aromatic carbocycles. The Morgan fingerprint density at radius 3 is 2.78 bits per heavy atom. The largest absolute Gasteiger partial charge is 0.351 e. The van der Waals surface area contributed by atoms with E-state index in [1.165, 1.54) is 10.9 Å². The maximum Gasteiger partial charge on any atom is 0.333 e. The maximum absolute atomic E-state index is 11.4. The molecular formula is C15H18N6O2. The van der Waals surface area contributed by atoms with E-state index in [1.54, 1.807) is 19.3 Å². The van der Waals surface area contributed by atoms with E-state index in [-0.39, 0.29) is 17.5 Å². The van der Waals surface area contributed by atoms with Crippen LogP contribution in [0.25, 0.3) is 5.82 Å². The Bertz CT molecular complexity index is 741. The lowest BCUT2D eigenvalue weighted by Crippen LogP contribution is -2.29. The fourth-order valence-corrected chi connectivity index (χ4v) is 2.71. The van der Waals surface area contributed by atoms with Crippen molar-refractivity contribution in [2.75, 3.05) is 5.32 Å². The van der Waals surface area contributed by atoms with E-state index in [0.29, 0.717) is 17.6 Å². The van der Waals surface area contributed by atoms with Crippen molar-refractivity contribution in [2.45, 2.75) is 32.7 Å². The summed E-state index contributed by atoms with van der Waals surface area (Å²) in [5, 5.41) is 14.7. The smallest absolute Gasteiger partial charge is 0.333 e. The minimum Gasteiger partial charge on any atom is -0.351 e. The van der Waals surface area contributed by atoms with Gasteiger partial charge in [0.2, 0.25) is 11.8 Å². The molecule has 2 atom stereocenters. The molecule has 2 aromatic rings. The lowest BCUT2D eigenvalue weighted by Gasteiger charge is -2.26. The zero-order valence-electron chi connectivity index (χ0n) is 13.0. The minimum absolute atomic E-state index is 0.106. The highest BCUT2D eigenvalue weighted by Crippen LogP contribution is 2.27. The van der Waals surface area contributed by atoms with Crippen LogP contribution in [0.1, 0.15) is 25.5 Å². The van der Waals surface area contributed by atoms with Crippen LogP contribution in [0, 0.1) is 23.0 Å². The number of hydrogen-bond donors (Lipinski definition) is 1. The van der Waals surface area contributed by atoms with Crippen molar-refractivity contribution in [1.82, 2.24) is 19.5 Å². The fourth-order valence-electron chi connectivity index (χ4n) is 2.71. The Labute approximate surface area is 133 Å². The zero-order chi connectivity index (χ0) is 16.4. The number of aromatic nitrogens is 4.